The highest BCUT2D eigenvalue weighted by molar-refractivity contribution is 5.96. The Bertz CT molecular complexity index is 1370. The molecule has 5 nitrogen and oxygen atoms in total. The minimum Gasteiger partial charge on any atom is -0.478 e. The van der Waals surface area contributed by atoms with Crippen molar-refractivity contribution >= 4 is 22.6 Å². The Morgan fingerprint density at radius 1 is 1.23 bits per heavy atom. The smallest absolute Gasteiger partial charge is 0.337 e. The summed E-state index contributed by atoms with van der Waals surface area (Å²) in [5.41, 5.74) is 6.56. The lowest BCUT2D eigenvalue weighted by Crippen LogP contribution is -2.07. The van der Waals surface area contributed by atoms with Gasteiger partial charge in [-0.1, -0.05) is 18.2 Å². The highest BCUT2D eigenvalue weighted by Gasteiger charge is 2.26. The molecule has 0 radical (unpaired) electrons. The molecule has 1 fully saturated rings. The first-order valence-electron chi connectivity index (χ1n) is 10.3. The molecule has 5 rings (SSSR count). The topological polar surface area (TPSA) is 59.5 Å². The van der Waals surface area contributed by atoms with Gasteiger partial charge in [-0.05, 0) is 65.8 Å². The van der Waals surface area contributed by atoms with Gasteiger partial charge in [-0.25, -0.2) is 9.64 Å². The van der Waals surface area contributed by atoms with Gasteiger partial charge in [0.05, 0.1) is 23.3 Å². The number of hydrogen-bond donors (Lipinski definition) is 1. The van der Waals surface area contributed by atoms with Crippen LogP contribution >= 0.6 is 0 Å². The molecule has 2 aromatic carbocycles. The quantitative estimate of drug-likeness (QED) is 0.415. The van der Waals surface area contributed by atoms with Crippen molar-refractivity contribution < 1.29 is 9.90 Å². The van der Waals surface area contributed by atoms with E-state index in [1.807, 2.05) is 37.6 Å². The summed E-state index contributed by atoms with van der Waals surface area (Å²) in [6.07, 6.45) is 6.51. The average Bonchev–Trinajstić information content (AvgIpc) is 3.56. The Morgan fingerprint density at radius 2 is 2.06 bits per heavy atom. The number of aromatic carboxylic acids is 1. The molecule has 152 valence electrons. The molecule has 0 atom stereocenters. The number of aryl methyl sites for hydroxylation is 1. The van der Waals surface area contributed by atoms with Crippen molar-refractivity contribution in [1.82, 2.24) is 9.55 Å². The van der Waals surface area contributed by atoms with Gasteiger partial charge in [-0.3, -0.25) is 4.98 Å². The van der Waals surface area contributed by atoms with Gasteiger partial charge < -0.3 is 9.67 Å². The van der Waals surface area contributed by atoms with E-state index in [4.69, 9.17) is 6.57 Å². The number of nitrogens with zero attached hydrogens (tertiary/aromatic N) is 3. The fraction of sp³-hybridized carbons (Fsp3) is 0.192. The summed E-state index contributed by atoms with van der Waals surface area (Å²) in [6, 6.07) is 15.6. The molecule has 0 amide bonds. The van der Waals surface area contributed by atoms with E-state index in [0.717, 1.165) is 46.0 Å². The number of rotatable bonds is 5. The molecular weight excluding hydrogens is 386 g/mol. The third-order valence-electron chi connectivity index (χ3n) is 5.96. The van der Waals surface area contributed by atoms with Crippen molar-refractivity contribution in [3.05, 3.63) is 94.7 Å². The fourth-order valence-corrected chi connectivity index (χ4v) is 4.24. The number of hydrogen-bond acceptors (Lipinski definition) is 2. The molecule has 0 bridgehead atoms. The molecule has 1 aliphatic carbocycles. The predicted molar refractivity (Wildman–Crippen MR) is 121 cm³/mol. The van der Waals surface area contributed by atoms with E-state index in [-0.39, 0.29) is 5.56 Å². The minimum atomic E-state index is -0.934. The summed E-state index contributed by atoms with van der Waals surface area (Å²) in [5.74, 6) is -0.475. The molecule has 0 saturated heterocycles. The van der Waals surface area contributed by atoms with E-state index in [0.29, 0.717) is 23.7 Å². The zero-order chi connectivity index (χ0) is 21.5. The van der Waals surface area contributed by atoms with Crippen LogP contribution in [-0.2, 0) is 13.5 Å². The molecule has 0 aliphatic heterocycles. The molecular formula is C26H21N3O2. The molecule has 0 unspecified atom stereocenters. The lowest BCUT2D eigenvalue weighted by molar-refractivity contribution is 0.0695. The first kappa shape index (κ1) is 19.1. The van der Waals surface area contributed by atoms with Gasteiger partial charge in [0, 0.05) is 36.8 Å². The first-order valence-corrected chi connectivity index (χ1v) is 10.3. The number of carboxylic acids is 1. The molecule has 31 heavy (non-hydrogen) atoms. The molecule has 1 N–H and O–H groups in total. The van der Waals surface area contributed by atoms with Gasteiger partial charge in [0.25, 0.3) is 0 Å². The second kappa shape index (κ2) is 7.41. The number of fused-ring (bicyclic) bond motifs is 1. The summed E-state index contributed by atoms with van der Waals surface area (Å²) < 4.78 is 2.07. The van der Waals surface area contributed by atoms with Gasteiger partial charge in [-0.2, -0.15) is 0 Å². The second-order valence-corrected chi connectivity index (χ2v) is 8.19. The standard InChI is InChI=1S/C26H21N3O2/c1-27-21-5-3-4-18(13-21)22-11-16(10-19-8-9-29(2)25(19)22)12-24-23(26(30)31)14-20(15-28-24)17-6-7-17/h3-5,8-11,13-15,17H,6-7,12H2,2H3,(H,30,31). The second-order valence-electron chi connectivity index (χ2n) is 8.19. The van der Waals surface area contributed by atoms with Gasteiger partial charge in [-0.15, -0.1) is 0 Å². The lowest BCUT2D eigenvalue weighted by Gasteiger charge is -2.12. The van der Waals surface area contributed by atoms with Crippen molar-refractivity contribution in [1.29, 1.82) is 0 Å². The number of pyridine rings is 1. The third-order valence-corrected chi connectivity index (χ3v) is 5.96. The molecule has 4 aromatic rings. The zero-order valence-electron chi connectivity index (χ0n) is 17.2. The van der Waals surface area contributed by atoms with Crippen LogP contribution in [0.4, 0.5) is 5.69 Å². The summed E-state index contributed by atoms with van der Waals surface area (Å²) in [4.78, 5) is 20.0. The molecule has 2 heterocycles. The van der Waals surface area contributed by atoms with Crippen molar-refractivity contribution in [2.45, 2.75) is 25.2 Å². The predicted octanol–water partition coefficient (Wildman–Crippen LogP) is 5.96. The first-order chi connectivity index (χ1) is 15.0. The van der Waals surface area contributed by atoms with E-state index >= 15 is 0 Å². The number of carboxylic acid groups (broad SMARTS) is 1. The van der Waals surface area contributed by atoms with Gasteiger partial charge in [0.1, 0.15) is 0 Å². The van der Waals surface area contributed by atoms with E-state index < -0.39 is 5.97 Å². The normalized spacial score (nSPS) is 13.3. The van der Waals surface area contributed by atoms with Crippen molar-refractivity contribution in [3.8, 4) is 11.1 Å². The lowest BCUT2D eigenvalue weighted by atomic mass is 9.96. The van der Waals surface area contributed by atoms with Crippen LogP contribution in [0.5, 0.6) is 0 Å². The maximum absolute atomic E-state index is 11.9. The van der Waals surface area contributed by atoms with E-state index in [1.54, 1.807) is 12.1 Å². The van der Waals surface area contributed by atoms with Gasteiger partial charge in [0.15, 0.2) is 5.69 Å². The highest BCUT2D eigenvalue weighted by Crippen LogP contribution is 2.40. The van der Waals surface area contributed by atoms with Crippen LogP contribution in [0.2, 0.25) is 0 Å². The monoisotopic (exact) mass is 407 g/mol. The van der Waals surface area contributed by atoms with Crippen LogP contribution in [0.15, 0.2) is 60.9 Å². The van der Waals surface area contributed by atoms with Gasteiger partial charge >= 0.3 is 5.97 Å². The SMILES string of the molecule is [C-]#[N+]c1cccc(-c2cc(Cc3ncc(C4CC4)cc3C(=O)O)cc3ccn(C)c23)c1. The number of benzene rings is 2. The van der Waals surface area contributed by atoms with Crippen molar-refractivity contribution in [3.63, 3.8) is 0 Å². The highest BCUT2D eigenvalue weighted by atomic mass is 16.4. The summed E-state index contributed by atoms with van der Waals surface area (Å²) >= 11 is 0. The number of aromatic nitrogens is 2. The molecule has 0 spiro atoms. The van der Waals surface area contributed by atoms with Crippen LogP contribution < -0.4 is 0 Å². The Kier molecular flexibility index (Phi) is 4.56. The minimum absolute atomic E-state index is 0.286. The molecule has 1 saturated carbocycles. The van der Waals surface area contributed by atoms with E-state index in [2.05, 4.69) is 32.6 Å². The van der Waals surface area contributed by atoms with Crippen LogP contribution in [0, 0.1) is 6.57 Å². The summed E-state index contributed by atoms with van der Waals surface area (Å²) in [5, 5.41) is 10.8. The number of carbonyl (C=O) groups is 1. The third kappa shape index (κ3) is 3.57. The largest absolute Gasteiger partial charge is 0.478 e. The van der Waals surface area contributed by atoms with Crippen molar-refractivity contribution in [2.24, 2.45) is 7.05 Å². The van der Waals surface area contributed by atoms with E-state index in [9.17, 15) is 9.90 Å². The Balaban J connectivity index is 1.62. The molecule has 2 aromatic heterocycles. The average molecular weight is 407 g/mol. The van der Waals surface area contributed by atoms with E-state index in [1.165, 1.54) is 0 Å². The Labute approximate surface area is 180 Å². The fourth-order valence-electron chi connectivity index (χ4n) is 4.24. The molecule has 5 heteroatoms. The Hall–Kier alpha value is -3.91. The van der Waals surface area contributed by atoms with Crippen LogP contribution in [0.1, 0.15) is 45.9 Å². The van der Waals surface area contributed by atoms with Gasteiger partial charge in [0.2, 0.25) is 0 Å². The van der Waals surface area contributed by atoms with Crippen molar-refractivity contribution in [2.75, 3.05) is 0 Å². The summed E-state index contributed by atoms with van der Waals surface area (Å²) in [7, 11) is 2.00. The van der Waals surface area contributed by atoms with Crippen LogP contribution in [0.25, 0.3) is 26.9 Å². The summed E-state index contributed by atoms with van der Waals surface area (Å²) in [6.45, 7) is 7.34. The maximum atomic E-state index is 11.9. The van der Waals surface area contributed by atoms with Crippen LogP contribution in [-0.4, -0.2) is 20.6 Å². The Morgan fingerprint density at radius 3 is 2.81 bits per heavy atom. The zero-order valence-corrected chi connectivity index (χ0v) is 17.2. The maximum Gasteiger partial charge on any atom is 0.337 e. The van der Waals surface area contributed by atoms with Crippen LogP contribution in [0.3, 0.4) is 0 Å². The molecule has 1 aliphatic rings.